The van der Waals surface area contributed by atoms with Gasteiger partial charge in [0.05, 0.1) is 20.6 Å². The van der Waals surface area contributed by atoms with Crippen LogP contribution in [0.3, 0.4) is 0 Å². The maximum Gasteiger partial charge on any atom is 0.224 e. The number of likely N-dealkylation sites (tertiary alicyclic amines) is 1. The molecule has 0 saturated carbocycles. The van der Waals surface area contributed by atoms with E-state index in [0.717, 1.165) is 30.3 Å². The number of carbonyl (C=O) groups is 1. The maximum absolute atomic E-state index is 12.5. The van der Waals surface area contributed by atoms with Crippen LogP contribution in [0.1, 0.15) is 39.2 Å². The average Bonchev–Trinajstić information content (AvgIpc) is 2.63. The summed E-state index contributed by atoms with van der Waals surface area (Å²) in [6, 6.07) is 5.93. The van der Waals surface area contributed by atoms with Gasteiger partial charge >= 0.3 is 0 Å². The Morgan fingerprint density at radius 1 is 1.23 bits per heavy atom. The van der Waals surface area contributed by atoms with Crippen molar-refractivity contribution in [3.05, 3.63) is 23.8 Å². The van der Waals surface area contributed by atoms with E-state index >= 15 is 0 Å². The number of ether oxygens (including phenoxy) is 2. The number of methoxy groups -OCH3 is 2. The van der Waals surface area contributed by atoms with Crippen LogP contribution in [0.4, 0.5) is 0 Å². The van der Waals surface area contributed by atoms with E-state index in [1.807, 2.05) is 18.2 Å². The van der Waals surface area contributed by atoms with Crippen LogP contribution in [0.15, 0.2) is 18.2 Å². The van der Waals surface area contributed by atoms with Gasteiger partial charge in [0, 0.05) is 18.2 Å². The maximum atomic E-state index is 12.5. The molecule has 1 unspecified atom stereocenters. The summed E-state index contributed by atoms with van der Waals surface area (Å²) < 4.78 is 10.6. The Morgan fingerprint density at radius 3 is 2.50 bits per heavy atom. The second-order valence-electron chi connectivity index (χ2n) is 7.69. The van der Waals surface area contributed by atoms with Gasteiger partial charge in [0.25, 0.3) is 0 Å². The summed E-state index contributed by atoms with van der Waals surface area (Å²) in [5.74, 6) is 2.79. The third-order valence-electron chi connectivity index (χ3n) is 5.40. The van der Waals surface area contributed by atoms with Crippen LogP contribution in [-0.4, -0.2) is 50.7 Å². The fraction of sp³-hybridized carbons (Fsp3) is 0.667. The molecular weight excluding hydrogens is 328 g/mol. The first kappa shape index (κ1) is 20.6. The van der Waals surface area contributed by atoms with Crippen molar-refractivity contribution in [2.45, 2.75) is 46.1 Å². The molecule has 1 aliphatic heterocycles. The molecule has 146 valence electrons. The standard InChI is InChI=1S/C21H34N2O3/c1-15(2)19(23-10-8-16(3)9-11-23)14-22-21(24)13-17-12-18(25-4)6-7-20(17)26-5/h6-7,12,15-16,19H,8-11,13-14H2,1-5H3,(H,22,24). The van der Waals surface area contributed by atoms with Gasteiger partial charge in [-0.25, -0.2) is 0 Å². The molecule has 2 rings (SSSR count). The zero-order valence-electron chi connectivity index (χ0n) is 16.9. The summed E-state index contributed by atoms with van der Waals surface area (Å²) in [4.78, 5) is 15.1. The summed E-state index contributed by atoms with van der Waals surface area (Å²) in [6.45, 7) is 9.75. The molecule has 1 atom stereocenters. The number of amides is 1. The van der Waals surface area contributed by atoms with Crippen molar-refractivity contribution in [1.29, 1.82) is 0 Å². The first-order valence-corrected chi connectivity index (χ1v) is 9.66. The van der Waals surface area contributed by atoms with Crippen molar-refractivity contribution in [1.82, 2.24) is 10.2 Å². The van der Waals surface area contributed by atoms with Crippen LogP contribution in [0.2, 0.25) is 0 Å². The monoisotopic (exact) mass is 362 g/mol. The van der Waals surface area contributed by atoms with Crippen LogP contribution in [0, 0.1) is 11.8 Å². The Hall–Kier alpha value is -1.75. The molecule has 5 nitrogen and oxygen atoms in total. The van der Waals surface area contributed by atoms with Crippen LogP contribution in [-0.2, 0) is 11.2 Å². The Bertz CT molecular complexity index is 581. The molecule has 1 aliphatic rings. The van der Waals surface area contributed by atoms with Crippen molar-refractivity contribution in [2.24, 2.45) is 11.8 Å². The molecule has 5 heteroatoms. The molecule has 1 heterocycles. The smallest absolute Gasteiger partial charge is 0.224 e. The lowest BCUT2D eigenvalue weighted by Gasteiger charge is -2.38. The zero-order chi connectivity index (χ0) is 19.1. The van der Waals surface area contributed by atoms with Gasteiger partial charge in [-0.15, -0.1) is 0 Å². The van der Waals surface area contributed by atoms with Gasteiger partial charge in [-0.2, -0.15) is 0 Å². The highest BCUT2D eigenvalue weighted by Gasteiger charge is 2.26. The van der Waals surface area contributed by atoms with Crippen LogP contribution in [0.5, 0.6) is 11.5 Å². The Labute approximate surface area is 158 Å². The highest BCUT2D eigenvalue weighted by atomic mass is 16.5. The minimum atomic E-state index is 0.0209. The number of hydrogen-bond donors (Lipinski definition) is 1. The van der Waals surface area contributed by atoms with Crippen LogP contribution >= 0.6 is 0 Å². The number of nitrogens with one attached hydrogen (secondary N) is 1. The third-order valence-corrected chi connectivity index (χ3v) is 5.40. The molecular formula is C21H34N2O3. The molecule has 0 bridgehead atoms. The molecule has 1 aromatic carbocycles. The predicted molar refractivity (Wildman–Crippen MR) is 105 cm³/mol. The van der Waals surface area contributed by atoms with E-state index in [-0.39, 0.29) is 5.91 Å². The van der Waals surface area contributed by atoms with Gasteiger partial charge in [-0.3, -0.25) is 9.69 Å². The first-order chi connectivity index (χ1) is 12.4. The number of carbonyl (C=O) groups excluding carboxylic acids is 1. The zero-order valence-corrected chi connectivity index (χ0v) is 16.9. The van der Waals surface area contributed by atoms with Gasteiger partial charge in [-0.1, -0.05) is 20.8 Å². The third kappa shape index (κ3) is 5.63. The first-order valence-electron chi connectivity index (χ1n) is 9.66. The van der Waals surface area contributed by atoms with Gasteiger partial charge in [0.15, 0.2) is 0 Å². The lowest BCUT2D eigenvalue weighted by Crippen LogP contribution is -2.49. The summed E-state index contributed by atoms with van der Waals surface area (Å²) >= 11 is 0. The summed E-state index contributed by atoms with van der Waals surface area (Å²) in [5, 5.41) is 3.13. The lowest BCUT2D eigenvalue weighted by atomic mass is 9.94. The van der Waals surface area contributed by atoms with Crippen LogP contribution in [0.25, 0.3) is 0 Å². The van der Waals surface area contributed by atoms with Crippen molar-refractivity contribution in [2.75, 3.05) is 33.9 Å². The Balaban J connectivity index is 1.94. The number of rotatable bonds is 8. The molecule has 1 amide bonds. The molecule has 0 aliphatic carbocycles. The summed E-state index contributed by atoms with van der Waals surface area (Å²) in [6.07, 6.45) is 2.79. The topological polar surface area (TPSA) is 50.8 Å². The number of piperidine rings is 1. The fourth-order valence-electron chi connectivity index (χ4n) is 3.62. The predicted octanol–water partition coefficient (Wildman–Crippen LogP) is 3.12. The minimum Gasteiger partial charge on any atom is -0.497 e. The minimum absolute atomic E-state index is 0.0209. The fourth-order valence-corrected chi connectivity index (χ4v) is 3.62. The van der Waals surface area contributed by atoms with Crippen molar-refractivity contribution in [3.63, 3.8) is 0 Å². The van der Waals surface area contributed by atoms with E-state index in [2.05, 4.69) is 31.0 Å². The molecule has 1 saturated heterocycles. The normalized spacial score (nSPS) is 17.2. The van der Waals surface area contributed by atoms with E-state index in [1.54, 1.807) is 14.2 Å². The summed E-state index contributed by atoms with van der Waals surface area (Å²) in [5.41, 5.74) is 0.845. The van der Waals surface area contributed by atoms with E-state index in [0.29, 0.717) is 30.7 Å². The molecule has 1 aromatic rings. The van der Waals surface area contributed by atoms with Gasteiger partial charge < -0.3 is 14.8 Å². The second-order valence-corrected chi connectivity index (χ2v) is 7.69. The van der Waals surface area contributed by atoms with Gasteiger partial charge in [-0.05, 0) is 56.0 Å². The van der Waals surface area contributed by atoms with Crippen LogP contribution < -0.4 is 14.8 Å². The number of nitrogens with zero attached hydrogens (tertiary/aromatic N) is 1. The van der Waals surface area contributed by atoms with Crippen molar-refractivity contribution in [3.8, 4) is 11.5 Å². The molecule has 1 fully saturated rings. The highest BCUT2D eigenvalue weighted by Crippen LogP contribution is 2.24. The number of hydrogen-bond acceptors (Lipinski definition) is 4. The van der Waals surface area contributed by atoms with E-state index in [9.17, 15) is 4.79 Å². The average molecular weight is 363 g/mol. The van der Waals surface area contributed by atoms with Crippen molar-refractivity contribution >= 4 is 5.91 Å². The van der Waals surface area contributed by atoms with E-state index < -0.39 is 0 Å². The molecule has 0 aromatic heterocycles. The molecule has 26 heavy (non-hydrogen) atoms. The van der Waals surface area contributed by atoms with Crippen molar-refractivity contribution < 1.29 is 14.3 Å². The molecule has 1 N–H and O–H groups in total. The lowest BCUT2D eigenvalue weighted by molar-refractivity contribution is -0.120. The highest BCUT2D eigenvalue weighted by molar-refractivity contribution is 5.79. The van der Waals surface area contributed by atoms with E-state index in [1.165, 1.54) is 12.8 Å². The van der Waals surface area contributed by atoms with E-state index in [4.69, 9.17) is 9.47 Å². The summed E-state index contributed by atoms with van der Waals surface area (Å²) in [7, 11) is 3.24. The van der Waals surface area contributed by atoms with Gasteiger partial charge in [0.2, 0.25) is 5.91 Å². The van der Waals surface area contributed by atoms with Gasteiger partial charge in [0.1, 0.15) is 11.5 Å². The molecule has 0 radical (unpaired) electrons. The molecule has 0 spiro atoms. The number of benzene rings is 1. The Morgan fingerprint density at radius 2 is 1.92 bits per heavy atom. The largest absolute Gasteiger partial charge is 0.497 e. The second kappa shape index (κ2) is 9.81. The SMILES string of the molecule is COc1ccc(OC)c(CC(=O)NCC(C(C)C)N2CCC(C)CC2)c1. The Kier molecular flexibility index (Phi) is 7.76. The quantitative estimate of drug-likeness (QED) is 0.772.